The molecule has 0 fully saturated rings. The minimum Gasteiger partial charge on any atom is -0.436 e. The number of nitriles is 1. The van der Waals surface area contributed by atoms with Gasteiger partial charge in [-0.3, -0.25) is 0 Å². The van der Waals surface area contributed by atoms with Crippen molar-refractivity contribution in [2.24, 2.45) is 0 Å². The number of hydrogen-bond donors (Lipinski definition) is 0. The Bertz CT molecular complexity index is 6260. The highest BCUT2D eigenvalue weighted by Gasteiger charge is 2.37. The molecule has 0 amide bonds. The zero-order valence-electron chi connectivity index (χ0n) is 50.1. The number of nitrogens with zero attached hydrogens (tertiary/aromatic N) is 6. The van der Waals surface area contributed by atoms with Gasteiger partial charge in [0.25, 0.3) is 0 Å². The lowest BCUT2D eigenvalue weighted by Crippen LogP contribution is -2.16. The number of hydrogen-bond acceptors (Lipinski definition) is 3. The van der Waals surface area contributed by atoms with Crippen LogP contribution in [0.25, 0.3) is 177 Å². The van der Waals surface area contributed by atoms with Gasteiger partial charge in [0.15, 0.2) is 5.58 Å². The topological polar surface area (TPSA) is 69.5 Å². The van der Waals surface area contributed by atoms with Gasteiger partial charge in [0, 0.05) is 43.1 Å². The van der Waals surface area contributed by atoms with Crippen LogP contribution in [0.2, 0.25) is 0 Å². The highest BCUT2D eigenvalue weighted by atomic mass is 16.3. The van der Waals surface area contributed by atoms with Crippen molar-refractivity contribution in [3.63, 3.8) is 0 Å². The first-order chi connectivity index (χ1) is 46.1. The summed E-state index contributed by atoms with van der Waals surface area (Å²) in [5.74, 6) is 0.367. The van der Waals surface area contributed by atoms with E-state index in [4.69, 9.17) is 9.40 Å². The third kappa shape index (κ3) is 7.92. The fraction of sp³-hybridized carbons (Fsp3) is 0. The number of rotatable bonds is 9. The van der Waals surface area contributed by atoms with Crippen molar-refractivity contribution in [1.29, 1.82) is 5.26 Å². The summed E-state index contributed by atoms with van der Waals surface area (Å²) in [6.07, 6.45) is 0. The molecular formula is C86H52N6O. The molecule has 0 unspecified atom stereocenters. The van der Waals surface area contributed by atoms with Crippen molar-refractivity contribution >= 4 is 98.3 Å². The quantitative estimate of drug-likeness (QED) is 0.145. The molecule has 19 rings (SSSR count). The molecule has 0 radical (unpaired) electrons. The van der Waals surface area contributed by atoms with Gasteiger partial charge in [-0.2, -0.15) is 5.26 Å². The molecule has 432 valence electrons. The zero-order chi connectivity index (χ0) is 61.3. The van der Waals surface area contributed by atoms with E-state index < -0.39 is 0 Å². The van der Waals surface area contributed by atoms with Gasteiger partial charge < -0.3 is 22.7 Å². The third-order valence-electron chi connectivity index (χ3n) is 19.0. The summed E-state index contributed by atoms with van der Waals surface area (Å²) < 4.78 is 17.0. The lowest BCUT2D eigenvalue weighted by molar-refractivity contribution is 0.619. The smallest absolute Gasteiger partial charge is 0.231 e. The van der Waals surface area contributed by atoms with Crippen molar-refractivity contribution in [1.82, 2.24) is 23.3 Å². The average molecular weight is 1190 g/mol. The molecule has 0 aliphatic rings. The SMILES string of the molecule is N#Cc1c(-n2c3ccccc3c3cc(-c4ccccc4)ccc32)c(-c2nc3ccccc3o2)c(-n2c3ccccc3c3cc(-c4ccccc4)ccc32)c(-n2c3ccccc3c3cc(-c4ccccc4)ccc32)c1-n1c2ccccc2c2cc(-c3ccccc3)ccc21. The molecule has 0 saturated carbocycles. The number of aromatic nitrogens is 5. The Morgan fingerprint density at radius 2 is 0.559 bits per heavy atom. The molecular weight excluding hydrogens is 1130 g/mol. The van der Waals surface area contributed by atoms with E-state index in [0.29, 0.717) is 39.5 Å². The van der Waals surface area contributed by atoms with E-state index >= 15 is 0 Å². The monoisotopic (exact) mass is 1180 g/mol. The van der Waals surface area contributed by atoms with E-state index in [0.717, 1.165) is 143 Å². The molecule has 7 heteroatoms. The molecule has 93 heavy (non-hydrogen) atoms. The minimum atomic E-state index is 0.367. The fourth-order valence-electron chi connectivity index (χ4n) is 15.0. The number of benzene rings is 14. The molecule has 5 heterocycles. The summed E-state index contributed by atoms with van der Waals surface area (Å²) in [5.41, 5.74) is 21.7. The minimum absolute atomic E-state index is 0.367. The van der Waals surface area contributed by atoms with Gasteiger partial charge >= 0.3 is 0 Å². The molecule has 0 bridgehead atoms. The van der Waals surface area contributed by atoms with Crippen LogP contribution >= 0.6 is 0 Å². The molecule has 0 aliphatic heterocycles. The van der Waals surface area contributed by atoms with E-state index in [1.807, 2.05) is 24.3 Å². The first kappa shape index (κ1) is 52.2. The Kier molecular flexibility index (Phi) is 11.6. The Morgan fingerprint density at radius 3 is 0.925 bits per heavy atom. The average Bonchev–Trinajstić information content (AvgIpc) is 1.59. The largest absolute Gasteiger partial charge is 0.436 e. The Labute approximate surface area is 534 Å². The Morgan fingerprint density at radius 1 is 0.258 bits per heavy atom. The zero-order valence-corrected chi connectivity index (χ0v) is 50.1. The maximum Gasteiger partial charge on any atom is 0.231 e. The van der Waals surface area contributed by atoms with Gasteiger partial charge in [0.2, 0.25) is 5.89 Å². The number of fused-ring (bicyclic) bond motifs is 13. The van der Waals surface area contributed by atoms with Crippen molar-refractivity contribution < 1.29 is 4.42 Å². The van der Waals surface area contributed by atoms with Crippen LogP contribution in [0.3, 0.4) is 0 Å². The third-order valence-corrected chi connectivity index (χ3v) is 19.0. The van der Waals surface area contributed by atoms with E-state index in [1.54, 1.807) is 0 Å². The van der Waals surface area contributed by atoms with E-state index in [1.165, 1.54) is 0 Å². The van der Waals surface area contributed by atoms with Crippen LogP contribution < -0.4 is 0 Å². The van der Waals surface area contributed by atoms with E-state index in [-0.39, 0.29) is 0 Å². The molecule has 0 saturated heterocycles. The second-order valence-electron chi connectivity index (χ2n) is 24.0. The summed E-state index contributed by atoms with van der Waals surface area (Å²) in [6.45, 7) is 0. The predicted molar refractivity (Wildman–Crippen MR) is 383 cm³/mol. The van der Waals surface area contributed by atoms with Gasteiger partial charge in [-0.05, 0) is 129 Å². The van der Waals surface area contributed by atoms with Crippen LogP contribution in [0.1, 0.15) is 5.56 Å². The van der Waals surface area contributed by atoms with Gasteiger partial charge in [0.05, 0.1) is 72.4 Å². The molecule has 0 N–H and O–H groups in total. The second kappa shape index (κ2) is 20.7. The molecule has 14 aromatic carbocycles. The Balaban J connectivity index is 1.10. The van der Waals surface area contributed by atoms with Crippen molar-refractivity contribution in [2.45, 2.75) is 0 Å². The van der Waals surface area contributed by atoms with Crippen molar-refractivity contribution in [3.8, 4) is 84.8 Å². The van der Waals surface area contributed by atoms with Crippen LogP contribution in [0.15, 0.2) is 320 Å². The van der Waals surface area contributed by atoms with Gasteiger partial charge in [0.1, 0.15) is 17.1 Å². The first-order valence-corrected chi connectivity index (χ1v) is 31.5. The summed E-state index contributed by atoms with van der Waals surface area (Å²) in [7, 11) is 0. The standard InChI is InChI=1S/C86H52N6O/c87-53-70-82(89-72-36-18-13-31-62(72)66-49-58(41-45-76(66)89)54-23-5-1-6-24-54)81(86-88-71-35-17-22-40-80(71)93-86)84(91-74-38-20-15-33-64(74)68-51-60(43-47-78(68)91)56-27-9-3-10-28-56)85(92-75-39-21-16-34-65(75)69-52-61(44-48-79(69)92)57-29-11-4-12-30-57)83(70)90-73-37-19-14-32-63(73)67-50-59(42-46-77(67)90)55-25-7-2-8-26-55/h1-52H. The summed E-state index contributed by atoms with van der Waals surface area (Å²) in [5, 5.41) is 21.7. The maximum atomic E-state index is 13.3. The van der Waals surface area contributed by atoms with Crippen LogP contribution in [-0.4, -0.2) is 23.3 Å². The predicted octanol–water partition coefficient (Wildman–Crippen LogP) is 22.4. The molecule has 5 aromatic heterocycles. The van der Waals surface area contributed by atoms with Gasteiger partial charge in [-0.15, -0.1) is 0 Å². The molecule has 0 atom stereocenters. The number of oxazole rings is 1. The van der Waals surface area contributed by atoms with E-state index in [2.05, 4.69) is 316 Å². The molecule has 7 nitrogen and oxygen atoms in total. The molecule has 19 aromatic rings. The van der Waals surface area contributed by atoms with Crippen LogP contribution in [0.4, 0.5) is 0 Å². The summed E-state index contributed by atoms with van der Waals surface area (Å²) >= 11 is 0. The highest BCUT2D eigenvalue weighted by Crippen LogP contribution is 2.53. The van der Waals surface area contributed by atoms with Crippen LogP contribution in [-0.2, 0) is 0 Å². The molecule has 0 aliphatic carbocycles. The fourth-order valence-corrected chi connectivity index (χ4v) is 15.0. The lowest BCUT2D eigenvalue weighted by atomic mass is 9.97. The molecule has 0 spiro atoms. The van der Waals surface area contributed by atoms with Crippen molar-refractivity contribution in [2.75, 3.05) is 0 Å². The Hall–Kier alpha value is -12.8. The van der Waals surface area contributed by atoms with Gasteiger partial charge in [-0.1, -0.05) is 231 Å². The normalized spacial score (nSPS) is 11.9. The number of para-hydroxylation sites is 6. The van der Waals surface area contributed by atoms with Gasteiger partial charge in [-0.25, -0.2) is 4.98 Å². The second-order valence-corrected chi connectivity index (χ2v) is 24.0. The first-order valence-electron chi connectivity index (χ1n) is 31.5. The van der Waals surface area contributed by atoms with E-state index in [9.17, 15) is 5.26 Å². The highest BCUT2D eigenvalue weighted by molar-refractivity contribution is 6.18. The van der Waals surface area contributed by atoms with Crippen LogP contribution in [0, 0.1) is 11.3 Å². The summed E-state index contributed by atoms with van der Waals surface area (Å²) in [4.78, 5) is 5.63. The maximum absolute atomic E-state index is 13.3. The van der Waals surface area contributed by atoms with Crippen LogP contribution in [0.5, 0.6) is 0 Å². The summed E-state index contributed by atoms with van der Waals surface area (Å²) in [6, 6.07) is 116. The van der Waals surface area contributed by atoms with Crippen molar-refractivity contribution in [3.05, 3.63) is 321 Å². The lowest BCUT2D eigenvalue weighted by Gasteiger charge is -2.28.